The van der Waals surface area contributed by atoms with E-state index in [1.165, 1.54) is 0 Å². The molecule has 1 amide bonds. The second kappa shape index (κ2) is 7.00. The van der Waals surface area contributed by atoms with Crippen LogP contribution in [0.25, 0.3) is 0 Å². The molecule has 0 N–H and O–H groups in total. The minimum absolute atomic E-state index is 0.118. The highest BCUT2D eigenvalue weighted by Gasteiger charge is 2.24. The predicted molar refractivity (Wildman–Crippen MR) is 93.1 cm³/mol. The van der Waals surface area contributed by atoms with E-state index in [4.69, 9.17) is 0 Å². The summed E-state index contributed by atoms with van der Waals surface area (Å²) in [6, 6.07) is 7.88. The molecule has 1 fully saturated rings. The van der Waals surface area contributed by atoms with Gasteiger partial charge in [-0.3, -0.25) is 4.79 Å². The van der Waals surface area contributed by atoms with E-state index in [-0.39, 0.29) is 5.91 Å². The van der Waals surface area contributed by atoms with Gasteiger partial charge in [0, 0.05) is 49.0 Å². The SMILES string of the molecule is CSc1ccc(C)c(C(=O)N2CCN(c3ncccn3)CC2)c1. The molecule has 0 saturated carbocycles. The summed E-state index contributed by atoms with van der Waals surface area (Å²) in [7, 11) is 0. The minimum Gasteiger partial charge on any atom is -0.337 e. The Hall–Kier alpha value is -2.08. The highest BCUT2D eigenvalue weighted by atomic mass is 32.2. The number of rotatable bonds is 3. The third kappa shape index (κ3) is 3.47. The Morgan fingerprint density at radius 3 is 2.48 bits per heavy atom. The van der Waals surface area contributed by atoms with Crippen LogP contribution in [0.4, 0.5) is 5.95 Å². The molecule has 0 atom stereocenters. The van der Waals surface area contributed by atoms with Crippen molar-refractivity contribution in [2.45, 2.75) is 11.8 Å². The number of amides is 1. The topological polar surface area (TPSA) is 49.3 Å². The van der Waals surface area contributed by atoms with Gasteiger partial charge >= 0.3 is 0 Å². The second-order valence-electron chi connectivity index (χ2n) is 5.51. The van der Waals surface area contributed by atoms with Gasteiger partial charge in [0.25, 0.3) is 5.91 Å². The van der Waals surface area contributed by atoms with Crippen LogP contribution in [0.3, 0.4) is 0 Å². The molecule has 2 aromatic rings. The molecule has 120 valence electrons. The molecule has 23 heavy (non-hydrogen) atoms. The van der Waals surface area contributed by atoms with Crippen LogP contribution in [-0.2, 0) is 0 Å². The van der Waals surface area contributed by atoms with E-state index in [1.807, 2.05) is 36.3 Å². The molecular formula is C17H20N4OS. The number of aromatic nitrogens is 2. The normalized spacial score (nSPS) is 14.9. The molecular weight excluding hydrogens is 308 g/mol. The summed E-state index contributed by atoms with van der Waals surface area (Å²) in [4.78, 5) is 26.5. The van der Waals surface area contributed by atoms with Crippen molar-refractivity contribution in [2.75, 3.05) is 37.3 Å². The second-order valence-corrected chi connectivity index (χ2v) is 6.39. The van der Waals surface area contributed by atoms with Gasteiger partial charge in [0.05, 0.1) is 0 Å². The van der Waals surface area contributed by atoms with Crippen molar-refractivity contribution in [1.29, 1.82) is 0 Å². The Kier molecular flexibility index (Phi) is 4.81. The van der Waals surface area contributed by atoms with E-state index >= 15 is 0 Å². The van der Waals surface area contributed by atoms with Crippen molar-refractivity contribution in [3.63, 3.8) is 0 Å². The van der Waals surface area contributed by atoms with Crippen LogP contribution in [0.1, 0.15) is 15.9 Å². The molecule has 5 nitrogen and oxygen atoms in total. The highest BCUT2D eigenvalue weighted by Crippen LogP contribution is 2.21. The van der Waals surface area contributed by atoms with Gasteiger partial charge in [-0.25, -0.2) is 9.97 Å². The van der Waals surface area contributed by atoms with E-state index in [1.54, 1.807) is 24.2 Å². The Morgan fingerprint density at radius 2 is 1.83 bits per heavy atom. The molecule has 1 saturated heterocycles. The molecule has 0 bridgehead atoms. The van der Waals surface area contributed by atoms with Gasteiger partial charge < -0.3 is 9.80 Å². The maximum absolute atomic E-state index is 12.8. The van der Waals surface area contributed by atoms with Crippen LogP contribution in [0, 0.1) is 6.92 Å². The van der Waals surface area contributed by atoms with Gasteiger partial charge in [0.1, 0.15) is 0 Å². The van der Waals surface area contributed by atoms with Crippen LogP contribution >= 0.6 is 11.8 Å². The number of nitrogens with zero attached hydrogens (tertiary/aromatic N) is 4. The van der Waals surface area contributed by atoms with Crippen molar-refractivity contribution >= 4 is 23.6 Å². The standard InChI is InChI=1S/C17H20N4OS/c1-13-4-5-14(23-2)12-15(13)16(22)20-8-10-21(11-9-20)17-18-6-3-7-19-17/h3-7,12H,8-11H2,1-2H3. The Labute approximate surface area is 140 Å². The summed E-state index contributed by atoms with van der Waals surface area (Å²) in [5.74, 6) is 0.854. The lowest BCUT2D eigenvalue weighted by Gasteiger charge is -2.35. The monoisotopic (exact) mass is 328 g/mol. The number of thioether (sulfide) groups is 1. The smallest absolute Gasteiger partial charge is 0.254 e. The fourth-order valence-corrected chi connectivity index (χ4v) is 3.13. The van der Waals surface area contributed by atoms with Gasteiger partial charge in [-0.1, -0.05) is 6.07 Å². The minimum atomic E-state index is 0.118. The zero-order valence-electron chi connectivity index (χ0n) is 13.4. The lowest BCUT2D eigenvalue weighted by molar-refractivity contribution is 0.0745. The zero-order valence-corrected chi connectivity index (χ0v) is 14.2. The number of aryl methyl sites for hydroxylation is 1. The van der Waals surface area contributed by atoms with Crippen molar-refractivity contribution in [2.24, 2.45) is 0 Å². The molecule has 2 heterocycles. The van der Waals surface area contributed by atoms with Gasteiger partial charge in [-0.15, -0.1) is 11.8 Å². The van der Waals surface area contributed by atoms with Crippen molar-refractivity contribution in [3.8, 4) is 0 Å². The molecule has 0 aliphatic carbocycles. The van der Waals surface area contributed by atoms with Crippen LogP contribution < -0.4 is 4.90 Å². The summed E-state index contributed by atoms with van der Waals surface area (Å²) < 4.78 is 0. The van der Waals surface area contributed by atoms with Crippen LogP contribution in [0.15, 0.2) is 41.6 Å². The Bertz CT molecular complexity index is 684. The summed E-state index contributed by atoms with van der Waals surface area (Å²) >= 11 is 1.66. The fraction of sp³-hybridized carbons (Fsp3) is 0.353. The first-order chi connectivity index (χ1) is 11.2. The molecule has 1 aromatic heterocycles. The predicted octanol–water partition coefficient (Wildman–Crippen LogP) is 2.47. The summed E-state index contributed by atoms with van der Waals surface area (Å²) in [6.45, 7) is 4.90. The number of anilines is 1. The first-order valence-electron chi connectivity index (χ1n) is 7.65. The number of carbonyl (C=O) groups excluding carboxylic acids is 1. The van der Waals surface area contributed by atoms with Crippen LogP contribution in [-0.4, -0.2) is 53.2 Å². The maximum Gasteiger partial charge on any atom is 0.254 e. The van der Waals surface area contributed by atoms with Gasteiger partial charge in [-0.05, 0) is 36.9 Å². The van der Waals surface area contributed by atoms with Crippen LogP contribution in [0.5, 0.6) is 0 Å². The zero-order chi connectivity index (χ0) is 16.2. The molecule has 1 aromatic carbocycles. The lowest BCUT2D eigenvalue weighted by atomic mass is 10.1. The van der Waals surface area contributed by atoms with E-state index < -0.39 is 0 Å². The van der Waals surface area contributed by atoms with Crippen molar-refractivity contribution in [3.05, 3.63) is 47.8 Å². The Balaban J connectivity index is 1.69. The molecule has 6 heteroatoms. The largest absolute Gasteiger partial charge is 0.337 e. The summed E-state index contributed by atoms with van der Waals surface area (Å²) in [5, 5.41) is 0. The fourth-order valence-electron chi connectivity index (χ4n) is 2.69. The number of hydrogen-bond donors (Lipinski definition) is 0. The first kappa shape index (κ1) is 15.8. The summed E-state index contributed by atoms with van der Waals surface area (Å²) in [6.07, 6.45) is 5.52. The lowest BCUT2D eigenvalue weighted by Crippen LogP contribution is -2.49. The van der Waals surface area contributed by atoms with E-state index in [0.717, 1.165) is 35.1 Å². The Morgan fingerprint density at radius 1 is 1.13 bits per heavy atom. The number of hydrogen-bond acceptors (Lipinski definition) is 5. The van der Waals surface area contributed by atoms with Gasteiger partial charge in [-0.2, -0.15) is 0 Å². The third-order valence-electron chi connectivity index (χ3n) is 4.08. The number of benzene rings is 1. The molecule has 3 rings (SSSR count). The first-order valence-corrected chi connectivity index (χ1v) is 8.87. The molecule has 1 aliphatic heterocycles. The molecule has 0 spiro atoms. The molecule has 0 unspecified atom stereocenters. The van der Waals surface area contributed by atoms with Crippen LogP contribution in [0.2, 0.25) is 0 Å². The quantitative estimate of drug-likeness (QED) is 0.810. The number of piperazine rings is 1. The number of carbonyl (C=O) groups is 1. The van der Waals surface area contributed by atoms with Crippen molar-refractivity contribution in [1.82, 2.24) is 14.9 Å². The van der Waals surface area contributed by atoms with Gasteiger partial charge in [0.2, 0.25) is 5.95 Å². The maximum atomic E-state index is 12.8. The van der Waals surface area contributed by atoms with E-state index in [0.29, 0.717) is 13.1 Å². The average Bonchev–Trinajstić information content (AvgIpc) is 2.62. The van der Waals surface area contributed by atoms with Gasteiger partial charge in [0.15, 0.2) is 0 Å². The average molecular weight is 328 g/mol. The third-order valence-corrected chi connectivity index (χ3v) is 4.80. The molecule has 1 aliphatic rings. The van der Waals surface area contributed by atoms with E-state index in [2.05, 4.69) is 20.9 Å². The molecule has 0 radical (unpaired) electrons. The highest BCUT2D eigenvalue weighted by molar-refractivity contribution is 7.98. The van der Waals surface area contributed by atoms with Crippen molar-refractivity contribution < 1.29 is 4.79 Å². The summed E-state index contributed by atoms with van der Waals surface area (Å²) in [5.41, 5.74) is 1.84. The van der Waals surface area contributed by atoms with E-state index in [9.17, 15) is 4.79 Å².